The van der Waals surface area contributed by atoms with Crippen LogP contribution in [0, 0.1) is 3.57 Å². The van der Waals surface area contributed by atoms with Crippen LogP contribution in [-0.2, 0) is 10.9 Å². The molecule has 0 aromatic carbocycles. The number of nitrogens with zero attached hydrogens (tertiary/aromatic N) is 1. The highest BCUT2D eigenvalue weighted by Crippen LogP contribution is 2.34. The second-order valence-electron chi connectivity index (χ2n) is 3.05. The molecule has 18 heavy (non-hydrogen) atoms. The molecule has 0 aliphatic carbocycles. The Morgan fingerprint density at radius 2 is 2.00 bits per heavy atom. The zero-order chi connectivity index (χ0) is 14.1. The maximum Gasteiger partial charge on any atom is 0.434 e. The molecule has 0 spiro atoms. The highest BCUT2D eigenvalue weighted by Gasteiger charge is 2.38. The molecule has 0 atom stereocenters. The van der Waals surface area contributed by atoms with E-state index < -0.39 is 39.1 Å². The molecule has 0 aliphatic rings. The molecule has 0 unspecified atom stereocenters. The number of hydrogen-bond donors (Lipinski definition) is 0. The minimum Gasteiger partial charge on any atom is -0.465 e. The van der Waals surface area contributed by atoms with Crippen LogP contribution >= 0.6 is 22.6 Å². The average molecular weight is 381 g/mol. The van der Waals surface area contributed by atoms with E-state index in [1.807, 2.05) is 0 Å². The van der Waals surface area contributed by atoms with Crippen LogP contribution < -0.4 is 0 Å². The monoisotopic (exact) mass is 381 g/mol. The van der Waals surface area contributed by atoms with Gasteiger partial charge < -0.3 is 4.74 Å². The molecule has 0 saturated carbocycles. The number of carbonyl (C=O) groups excluding carboxylic acids is 1. The van der Waals surface area contributed by atoms with Crippen molar-refractivity contribution in [1.29, 1.82) is 0 Å². The van der Waals surface area contributed by atoms with Gasteiger partial charge in [-0.2, -0.15) is 13.2 Å². The number of rotatable bonds is 2. The van der Waals surface area contributed by atoms with Gasteiger partial charge in [-0.05, 0) is 28.7 Å². The molecule has 1 heterocycles. The van der Waals surface area contributed by atoms with Crippen LogP contribution in [0.1, 0.15) is 28.2 Å². The van der Waals surface area contributed by atoms with Crippen LogP contribution in [0.5, 0.6) is 0 Å². The summed E-state index contributed by atoms with van der Waals surface area (Å²) in [5.74, 6) is -1.13. The van der Waals surface area contributed by atoms with E-state index >= 15 is 0 Å². The van der Waals surface area contributed by atoms with E-state index in [1.54, 1.807) is 0 Å². The van der Waals surface area contributed by atoms with Crippen LogP contribution in [0.25, 0.3) is 0 Å². The van der Waals surface area contributed by atoms with Crippen molar-refractivity contribution in [2.24, 2.45) is 0 Å². The first kappa shape index (κ1) is 15.1. The topological polar surface area (TPSA) is 39.2 Å². The molecule has 1 aromatic rings. The van der Waals surface area contributed by atoms with Crippen molar-refractivity contribution in [2.45, 2.75) is 12.6 Å². The van der Waals surface area contributed by atoms with Gasteiger partial charge in [-0.25, -0.2) is 18.6 Å². The predicted molar refractivity (Wildman–Crippen MR) is 58.3 cm³/mol. The summed E-state index contributed by atoms with van der Waals surface area (Å²) in [6.45, 7) is 0. The number of esters is 1. The van der Waals surface area contributed by atoms with Gasteiger partial charge in [0.25, 0.3) is 6.43 Å². The Labute approximate surface area is 111 Å². The zero-order valence-electron chi connectivity index (χ0n) is 8.69. The van der Waals surface area contributed by atoms with Crippen molar-refractivity contribution < 1.29 is 31.5 Å². The quantitative estimate of drug-likeness (QED) is 0.448. The highest BCUT2D eigenvalue weighted by molar-refractivity contribution is 14.1. The fraction of sp³-hybridized carbons (Fsp3) is 0.333. The number of carbonyl (C=O) groups is 1. The molecule has 3 nitrogen and oxygen atoms in total. The number of halogens is 6. The minimum absolute atomic E-state index is 0.573. The van der Waals surface area contributed by atoms with Gasteiger partial charge >= 0.3 is 12.1 Å². The number of ether oxygens (including phenoxy) is 1. The van der Waals surface area contributed by atoms with Crippen molar-refractivity contribution in [3.05, 3.63) is 26.6 Å². The third-order valence-electron chi connectivity index (χ3n) is 1.87. The molecule has 1 rings (SSSR count). The number of aromatic nitrogens is 1. The molecule has 0 radical (unpaired) electrons. The summed E-state index contributed by atoms with van der Waals surface area (Å²) >= 11 is 1.22. The van der Waals surface area contributed by atoms with Gasteiger partial charge in [0, 0.05) is 0 Å². The molecular formula is C9H5F5INO2. The summed E-state index contributed by atoms with van der Waals surface area (Å²) in [7, 11) is 0.939. The lowest BCUT2D eigenvalue weighted by Gasteiger charge is -2.13. The summed E-state index contributed by atoms with van der Waals surface area (Å²) in [6, 6.07) is 0.591. The van der Waals surface area contributed by atoms with E-state index in [1.165, 1.54) is 22.6 Å². The molecule has 0 bridgehead atoms. The van der Waals surface area contributed by atoms with Crippen LogP contribution in [0.2, 0.25) is 0 Å². The van der Waals surface area contributed by atoms with Gasteiger partial charge in [-0.3, -0.25) is 0 Å². The SMILES string of the molecule is COC(=O)c1cc(C(F)F)nc(C(F)(F)F)c1I. The van der Waals surface area contributed by atoms with Gasteiger partial charge in [0.2, 0.25) is 0 Å². The molecule has 0 saturated heterocycles. The molecule has 1 aromatic heterocycles. The first-order valence-corrected chi connectivity index (χ1v) is 5.40. The lowest BCUT2D eigenvalue weighted by atomic mass is 10.2. The van der Waals surface area contributed by atoms with Crippen molar-refractivity contribution in [3.63, 3.8) is 0 Å². The Bertz CT molecular complexity index is 475. The summed E-state index contributed by atoms with van der Waals surface area (Å²) < 4.78 is 66.2. The second-order valence-corrected chi connectivity index (χ2v) is 4.13. The molecule has 0 N–H and O–H groups in total. The van der Waals surface area contributed by atoms with Gasteiger partial charge in [0.15, 0.2) is 5.69 Å². The molecular weight excluding hydrogens is 376 g/mol. The van der Waals surface area contributed by atoms with Gasteiger partial charge in [0.1, 0.15) is 5.69 Å². The van der Waals surface area contributed by atoms with E-state index in [-0.39, 0.29) is 0 Å². The molecule has 0 fully saturated rings. The lowest BCUT2D eigenvalue weighted by Crippen LogP contribution is -2.17. The van der Waals surface area contributed by atoms with Crippen molar-refractivity contribution in [2.75, 3.05) is 7.11 Å². The smallest absolute Gasteiger partial charge is 0.434 e. The average Bonchev–Trinajstić information content (AvgIpc) is 2.26. The molecule has 0 aliphatic heterocycles. The summed E-state index contributed by atoms with van der Waals surface area (Å²) in [6.07, 6.45) is -8.14. The maximum absolute atomic E-state index is 12.6. The van der Waals surface area contributed by atoms with Crippen LogP contribution in [0.3, 0.4) is 0 Å². The lowest BCUT2D eigenvalue weighted by molar-refractivity contribution is -0.142. The largest absolute Gasteiger partial charge is 0.465 e. The Hall–Kier alpha value is -1.00. The van der Waals surface area contributed by atoms with E-state index in [0.717, 1.165) is 7.11 Å². The van der Waals surface area contributed by atoms with E-state index in [9.17, 15) is 26.7 Å². The summed E-state index contributed by atoms with van der Waals surface area (Å²) in [5, 5.41) is 0. The fourth-order valence-corrected chi connectivity index (χ4v) is 1.91. The third-order valence-corrected chi connectivity index (χ3v) is 2.97. The van der Waals surface area contributed by atoms with Gasteiger partial charge in [-0.15, -0.1) is 0 Å². The summed E-state index contributed by atoms with van der Waals surface area (Å²) in [5.41, 5.74) is -3.24. The Morgan fingerprint density at radius 3 is 2.39 bits per heavy atom. The fourth-order valence-electron chi connectivity index (χ4n) is 1.11. The number of hydrogen-bond acceptors (Lipinski definition) is 3. The predicted octanol–water partition coefficient (Wildman–Crippen LogP) is 3.43. The molecule has 100 valence electrons. The highest BCUT2D eigenvalue weighted by atomic mass is 127. The number of pyridine rings is 1. The van der Waals surface area contributed by atoms with E-state index in [0.29, 0.717) is 6.07 Å². The van der Waals surface area contributed by atoms with Crippen LogP contribution in [-0.4, -0.2) is 18.1 Å². The molecule has 0 amide bonds. The Balaban J connectivity index is 3.53. The Morgan fingerprint density at radius 1 is 1.44 bits per heavy atom. The standard InChI is InChI=1S/C9H5F5INO2/c1-18-8(17)3-2-4(7(10)11)16-6(5(3)15)9(12,13)14/h2,7H,1H3. The van der Waals surface area contributed by atoms with Gasteiger partial charge in [-0.1, -0.05) is 0 Å². The van der Waals surface area contributed by atoms with Gasteiger partial charge in [0.05, 0.1) is 16.2 Å². The number of methoxy groups -OCH3 is 1. The minimum atomic E-state index is -4.93. The van der Waals surface area contributed by atoms with E-state index in [2.05, 4.69) is 9.72 Å². The van der Waals surface area contributed by atoms with Crippen LogP contribution in [0.4, 0.5) is 22.0 Å². The normalized spacial score (nSPS) is 11.8. The first-order chi connectivity index (χ1) is 8.18. The number of alkyl halides is 5. The van der Waals surface area contributed by atoms with Crippen LogP contribution in [0.15, 0.2) is 6.07 Å². The first-order valence-electron chi connectivity index (χ1n) is 4.32. The van der Waals surface area contributed by atoms with Crippen molar-refractivity contribution in [3.8, 4) is 0 Å². The summed E-state index contributed by atoms with van der Waals surface area (Å²) in [4.78, 5) is 14.1. The third kappa shape index (κ3) is 3.06. The van der Waals surface area contributed by atoms with Crippen molar-refractivity contribution >= 4 is 28.6 Å². The molecule has 9 heteroatoms. The van der Waals surface area contributed by atoms with Crippen molar-refractivity contribution in [1.82, 2.24) is 4.98 Å². The Kier molecular flexibility index (Phi) is 4.46. The second kappa shape index (κ2) is 5.33. The maximum atomic E-state index is 12.6. The van der Waals surface area contributed by atoms with E-state index in [4.69, 9.17) is 0 Å². The zero-order valence-corrected chi connectivity index (χ0v) is 10.8.